The summed E-state index contributed by atoms with van der Waals surface area (Å²) in [5.41, 5.74) is 3.02. The summed E-state index contributed by atoms with van der Waals surface area (Å²) in [5.74, 6) is -1.89. The average molecular weight is 368 g/mol. The second-order valence-electron chi connectivity index (χ2n) is 6.41. The summed E-state index contributed by atoms with van der Waals surface area (Å²) >= 11 is 0. The molecule has 0 saturated heterocycles. The standard InChI is InChI=1S/C21H24N2O4/c1-15-7-9-16(10-8-15)11-12-19(24)22-14-20(25)23-18(21(26)27)13-17-5-3-2-4-6-17/h2-10,18H,11-14H2,1H3,(H,22,24)(H,23,25)(H,26,27)/t18-/m1/s1. The molecule has 0 saturated carbocycles. The Morgan fingerprint density at radius 3 is 2.22 bits per heavy atom. The molecule has 0 unspecified atom stereocenters. The highest BCUT2D eigenvalue weighted by Crippen LogP contribution is 2.06. The van der Waals surface area contributed by atoms with Crippen LogP contribution in [-0.4, -0.2) is 35.5 Å². The summed E-state index contributed by atoms with van der Waals surface area (Å²) in [4.78, 5) is 35.2. The molecule has 0 radical (unpaired) electrons. The van der Waals surface area contributed by atoms with Crippen molar-refractivity contribution in [2.75, 3.05) is 6.54 Å². The number of hydrogen-bond acceptors (Lipinski definition) is 3. The molecule has 142 valence electrons. The zero-order valence-corrected chi connectivity index (χ0v) is 15.3. The normalized spacial score (nSPS) is 11.4. The van der Waals surface area contributed by atoms with Crippen LogP contribution >= 0.6 is 0 Å². The molecule has 0 aromatic heterocycles. The fourth-order valence-electron chi connectivity index (χ4n) is 2.58. The zero-order valence-electron chi connectivity index (χ0n) is 15.3. The van der Waals surface area contributed by atoms with E-state index in [1.807, 2.05) is 49.4 Å². The topological polar surface area (TPSA) is 95.5 Å². The van der Waals surface area contributed by atoms with E-state index in [-0.39, 0.29) is 25.3 Å². The van der Waals surface area contributed by atoms with Gasteiger partial charge in [-0.1, -0.05) is 60.2 Å². The molecular weight excluding hydrogens is 344 g/mol. The molecule has 6 heteroatoms. The molecule has 2 amide bonds. The van der Waals surface area contributed by atoms with Crippen molar-refractivity contribution in [2.45, 2.75) is 32.2 Å². The number of hydrogen-bond donors (Lipinski definition) is 3. The number of aliphatic carboxylic acids is 1. The van der Waals surface area contributed by atoms with Crippen LogP contribution in [0.25, 0.3) is 0 Å². The van der Waals surface area contributed by atoms with Crippen LogP contribution in [0.5, 0.6) is 0 Å². The van der Waals surface area contributed by atoms with Gasteiger partial charge in [-0.15, -0.1) is 0 Å². The first-order valence-corrected chi connectivity index (χ1v) is 8.82. The minimum Gasteiger partial charge on any atom is -0.480 e. The molecule has 0 aliphatic rings. The Kier molecular flexibility index (Phi) is 7.55. The first-order valence-electron chi connectivity index (χ1n) is 8.82. The Hall–Kier alpha value is -3.15. The van der Waals surface area contributed by atoms with Gasteiger partial charge in [0.1, 0.15) is 6.04 Å². The Morgan fingerprint density at radius 1 is 0.926 bits per heavy atom. The molecule has 0 spiro atoms. The number of rotatable bonds is 9. The van der Waals surface area contributed by atoms with Gasteiger partial charge < -0.3 is 15.7 Å². The van der Waals surface area contributed by atoms with Crippen LogP contribution in [0.2, 0.25) is 0 Å². The van der Waals surface area contributed by atoms with Crippen LogP contribution in [-0.2, 0) is 27.2 Å². The molecule has 2 aromatic rings. The van der Waals surface area contributed by atoms with E-state index in [0.717, 1.165) is 16.7 Å². The van der Waals surface area contributed by atoms with Crippen LogP contribution in [0.4, 0.5) is 0 Å². The first-order chi connectivity index (χ1) is 12.9. The largest absolute Gasteiger partial charge is 0.480 e. The minimum absolute atomic E-state index is 0.184. The van der Waals surface area contributed by atoms with Crippen molar-refractivity contribution in [1.82, 2.24) is 10.6 Å². The van der Waals surface area contributed by atoms with E-state index < -0.39 is 17.9 Å². The average Bonchev–Trinajstić information content (AvgIpc) is 2.66. The first kappa shape index (κ1) is 20.2. The highest BCUT2D eigenvalue weighted by Gasteiger charge is 2.20. The second-order valence-corrected chi connectivity index (χ2v) is 6.41. The van der Waals surface area contributed by atoms with E-state index in [0.29, 0.717) is 6.42 Å². The summed E-state index contributed by atoms with van der Waals surface area (Å²) in [7, 11) is 0. The maximum absolute atomic E-state index is 12.0. The number of nitrogens with one attached hydrogen (secondary N) is 2. The highest BCUT2D eigenvalue weighted by molar-refractivity contribution is 5.88. The SMILES string of the molecule is Cc1ccc(CCC(=O)NCC(=O)N[C@H](Cc2ccccc2)C(=O)O)cc1. The molecule has 0 heterocycles. The number of carboxylic acids is 1. The van der Waals surface area contributed by atoms with Crippen molar-refractivity contribution < 1.29 is 19.5 Å². The summed E-state index contributed by atoms with van der Waals surface area (Å²) in [6.07, 6.45) is 1.03. The third-order valence-electron chi connectivity index (χ3n) is 4.12. The van der Waals surface area contributed by atoms with E-state index in [9.17, 15) is 19.5 Å². The van der Waals surface area contributed by atoms with Crippen LogP contribution in [0.15, 0.2) is 54.6 Å². The maximum Gasteiger partial charge on any atom is 0.326 e. The molecule has 0 bridgehead atoms. The quantitative estimate of drug-likeness (QED) is 0.629. The lowest BCUT2D eigenvalue weighted by Crippen LogP contribution is -2.46. The van der Waals surface area contributed by atoms with E-state index in [2.05, 4.69) is 10.6 Å². The fraction of sp³-hybridized carbons (Fsp3) is 0.286. The smallest absolute Gasteiger partial charge is 0.326 e. The summed E-state index contributed by atoms with van der Waals surface area (Å²) in [6.45, 7) is 1.75. The summed E-state index contributed by atoms with van der Waals surface area (Å²) in [5, 5.41) is 14.3. The number of amides is 2. The van der Waals surface area contributed by atoms with Crippen LogP contribution < -0.4 is 10.6 Å². The van der Waals surface area contributed by atoms with Crippen molar-refractivity contribution in [3.63, 3.8) is 0 Å². The van der Waals surface area contributed by atoms with Gasteiger partial charge in [-0.2, -0.15) is 0 Å². The predicted molar refractivity (Wildman–Crippen MR) is 102 cm³/mol. The van der Waals surface area contributed by atoms with Gasteiger partial charge in [-0.3, -0.25) is 9.59 Å². The van der Waals surface area contributed by atoms with Crippen molar-refractivity contribution in [2.24, 2.45) is 0 Å². The number of carboxylic acid groups (broad SMARTS) is 1. The number of benzene rings is 2. The molecule has 2 aromatic carbocycles. The van der Waals surface area contributed by atoms with Gasteiger partial charge in [-0.25, -0.2) is 4.79 Å². The Morgan fingerprint density at radius 2 is 1.59 bits per heavy atom. The number of carbonyl (C=O) groups is 3. The van der Waals surface area contributed by atoms with E-state index in [1.54, 1.807) is 12.1 Å². The van der Waals surface area contributed by atoms with Gasteiger partial charge in [0.05, 0.1) is 6.54 Å². The molecule has 2 rings (SSSR count). The molecular formula is C21H24N2O4. The maximum atomic E-state index is 12.0. The monoisotopic (exact) mass is 368 g/mol. The number of carbonyl (C=O) groups excluding carboxylic acids is 2. The van der Waals surface area contributed by atoms with Crippen molar-refractivity contribution in [3.8, 4) is 0 Å². The van der Waals surface area contributed by atoms with Gasteiger partial charge in [-0.05, 0) is 24.5 Å². The van der Waals surface area contributed by atoms with E-state index >= 15 is 0 Å². The third kappa shape index (κ3) is 7.32. The lowest BCUT2D eigenvalue weighted by molar-refractivity contribution is -0.141. The Labute approximate surface area is 158 Å². The lowest BCUT2D eigenvalue weighted by atomic mass is 10.1. The minimum atomic E-state index is -1.11. The van der Waals surface area contributed by atoms with Crippen LogP contribution in [0.1, 0.15) is 23.1 Å². The molecule has 27 heavy (non-hydrogen) atoms. The van der Waals surface area contributed by atoms with Crippen molar-refractivity contribution >= 4 is 17.8 Å². The highest BCUT2D eigenvalue weighted by atomic mass is 16.4. The Bertz CT molecular complexity index is 773. The summed E-state index contributed by atoms with van der Waals surface area (Å²) < 4.78 is 0. The molecule has 0 fully saturated rings. The Balaban J connectivity index is 1.75. The van der Waals surface area contributed by atoms with Gasteiger partial charge in [0.25, 0.3) is 0 Å². The molecule has 6 nitrogen and oxygen atoms in total. The van der Waals surface area contributed by atoms with Gasteiger partial charge in [0, 0.05) is 12.8 Å². The fourth-order valence-corrected chi connectivity index (χ4v) is 2.58. The predicted octanol–water partition coefficient (Wildman–Crippen LogP) is 1.86. The summed E-state index contributed by atoms with van der Waals surface area (Å²) in [6, 6.07) is 15.9. The molecule has 0 aliphatic carbocycles. The van der Waals surface area contributed by atoms with Crippen molar-refractivity contribution in [3.05, 3.63) is 71.3 Å². The van der Waals surface area contributed by atoms with Crippen LogP contribution in [0, 0.1) is 6.92 Å². The van der Waals surface area contributed by atoms with Crippen LogP contribution in [0.3, 0.4) is 0 Å². The molecule has 0 aliphatic heterocycles. The van der Waals surface area contributed by atoms with E-state index in [4.69, 9.17) is 0 Å². The zero-order chi connectivity index (χ0) is 19.6. The lowest BCUT2D eigenvalue weighted by Gasteiger charge is -2.15. The van der Waals surface area contributed by atoms with Gasteiger partial charge >= 0.3 is 5.97 Å². The van der Waals surface area contributed by atoms with Crippen molar-refractivity contribution in [1.29, 1.82) is 0 Å². The van der Waals surface area contributed by atoms with Gasteiger partial charge in [0.15, 0.2) is 0 Å². The second kappa shape index (κ2) is 10.1. The van der Waals surface area contributed by atoms with E-state index in [1.165, 1.54) is 0 Å². The number of aryl methyl sites for hydroxylation is 2. The third-order valence-corrected chi connectivity index (χ3v) is 4.12. The molecule has 3 N–H and O–H groups in total. The van der Waals surface area contributed by atoms with Gasteiger partial charge in [0.2, 0.25) is 11.8 Å². The molecule has 1 atom stereocenters.